The maximum absolute atomic E-state index is 5.28. The molecule has 0 atom stereocenters. The van der Waals surface area contributed by atoms with Crippen LogP contribution in [0.15, 0.2) is 42.5 Å². The second-order valence-corrected chi connectivity index (χ2v) is 6.10. The van der Waals surface area contributed by atoms with Crippen LogP contribution in [-0.4, -0.2) is 12.1 Å². The summed E-state index contributed by atoms with van der Waals surface area (Å²) in [6, 6.07) is 14.5. The average Bonchev–Trinajstić information content (AvgIpc) is 2.90. The zero-order chi connectivity index (χ0) is 14.7. The van der Waals surface area contributed by atoms with E-state index >= 15 is 0 Å². The molecule has 0 spiro atoms. The van der Waals surface area contributed by atoms with Crippen molar-refractivity contribution in [3.8, 4) is 5.75 Å². The molecule has 2 aromatic carbocycles. The second kappa shape index (κ2) is 6.24. The van der Waals surface area contributed by atoms with Gasteiger partial charge < -0.3 is 10.1 Å². The van der Waals surface area contributed by atoms with Crippen molar-refractivity contribution >= 4 is 21.6 Å². The van der Waals surface area contributed by atoms with Crippen LogP contribution in [0.2, 0.25) is 0 Å². The highest BCUT2D eigenvalue weighted by Gasteiger charge is 2.03. The molecule has 0 unspecified atom stereocenters. The molecule has 21 heavy (non-hydrogen) atoms. The van der Waals surface area contributed by atoms with E-state index in [0.717, 1.165) is 34.9 Å². The zero-order valence-corrected chi connectivity index (χ0v) is 13.0. The molecule has 0 radical (unpaired) electrons. The maximum atomic E-state index is 5.28. The first-order chi connectivity index (χ1) is 10.3. The summed E-state index contributed by atoms with van der Waals surface area (Å²) in [7, 11) is 1.70. The van der Waals surface area contributed by atoms with Crippen molar-refractivity contribution in [2.75, 3.05) is 7.11 Å². The minimum absolute atomic E-state index is 0.796. The van der Waals surface area contributed by atoms with E-state index in [2.05, 4.69) is 47.6 Å². The van der Waals surface area contributed by atoms with Crippen molar-refractivity contribution in [3.63, 3.8) is 0 Å². The Hall–Kier alpha value is -1.91. The first-order valence-electron chi connectivity index (χ1n) is 6.95. The van der Waals surface area contributed by atoms with E-state index in [1.807, 2.05) is 12.1 Å². The summed E-state index contributed by atoms with van der Waals surface area (Å²) in [4.78, 5) is 4.62. The number of methoxy groups -OCH3 is 1. The van der Waals surface area contributed by atoms with E-state index in [1.54, 1.807) is 18.4 Å². The normalized spacial score (nSPS) is 11.0. The van der Waals surface area contributed by atoms with Gasteiger partial charge >= 0.3 is 0 Å². The molecule has 1 N–H and O–H groups in total. The van der Waals surface area contributed by atoms with Gasteiger partial charge in [0.25, 0.3) is 0 Å². The van der Waals surface area contributed by atoms with Gasteiger partial charge in [-0.05, 0) is 36.2 Å². The van der Waals surface area contributed by atoms with E-state index < -0.39 is 0 Å². The maximum Gasteiger partial charge on any atom is 0.121 e. The van der Waals surface area contributed by atoms with Crippen LogP contribution in [-0.2, 0) is 13.1 Å². The van der Waals surface area contributed by atoms with Gasteiger partial charge in [-0.15, -0.1) is 11.3 Å². The van der Waals surface area contributed by atoms with Crippen LogP contribution in [0.25, 0.3) is 10.2 Å². The number of benzene rings is 2. The number of ether oxygens (including phenoxy) is 1. The Morgan fingerprint density at radius 1 is 1.14 bits per heavy atom. The molecule has 1 aromatic heterocycles. The van der Waals surface area contributed by atoms with Gasteiger partial charge in [0.15, 0.2) is 0 Å². The number of rotatable bonds is 5. The van der Waals surface area contributed by atoms with Gasteiger partial charge in [-0.25, -0.2) is 4.98 Å². The number of fused-ring (bicyclic) bond motifs is 1. The Morgan fingerprint density at radius 2 is 2.00 bits per heavy atom. The van der Waals surface area contributed by atoms with Crippen LogP contribution < -0.4 is 10.1 Å². The van der Waals surface area contributed by atoms with Crippen LogP contribution >= 0.6 is 11.3 Å². The molecular formula is C17H18N2OS. The molecule has 0 aliphatic rings. The number of nitrogens with one attached hydrogen (secondary N) is 1. The highest BCUT2D eigenvalue weighted by Crippen LogP contribution is 2.22. The van der Waals surface area contributed by atoms with Crippen molar-refractivity contribution < 1.29 is 4.74 Å². The lowest BCUT2D eigenvalue weighted by Crippen LogP contribution is -2.12. The number of thiazole rings is 1. The summed E-state index contributed by atoms with van der Waals surface area (Å²) in [6.45, 7) is 3.70. The molecule has 3 nitrogen and oxygen atoms in total. The molecule has 0 saturated heterocycles. The largest absolute Gasteiger partial charge is 0.496 e. The van der Waals surface area contributed by atoms with Crippen molar-refractivity contribution in [2.24, 2.45) is 0 Å². The van der Waals surface area contributed by atoms with Gasteiger partial charge in [-0.1, -0.05) is 24.3 Å². The second-order valence-electron chi connectivity index (χ2n) is 4.98. The van der Waals surface area contributed by atoms with Crippen molar-refractivity contribution in [1.29, 1.82) is 0 Å². The zero-order valence-electron chi connectivity index (χ0n) is 12.2. The number of aromatic nitrogens is 1. The Kier molecular flexibility index (Phi) is 4.18. The number of nitrogens with zero attached hydrogens (tertiary/aromatic N) is 1. The van der Waals surface area contributed by atoms with Gasteiger partial charge in [0.1, 0.15) is 10.8 Å². The summed E-state index contributed by atoms with van der Waals surface area (Å²) in [5.41, 5.74) is 3.51. The third-order valence-corrected chi connectivity index (χ3v) is 4.44. The molecule has 0 amide bonds. The van der Waals surface area contributed by atoms with E-state index in [0.29, 0.717) is 0 Å². The summed E-state index contributed by atoms with van der Waals surface area (Å²) >= 11 is 1.75. The fraction of sp³-hybridized carbons (Fsp3) is 0.235. The molecule has 3 rings (SSSR count). The molecule has 4 heteroatoms. The van der Waals surface area contributed by atoms with Gasteiger partial charge in [-0.2, -0.15) is 0 Å². The standard InChI is InChI=1S/C17H18N2OS/c1-12-9-13(7-8-15(12)20-2)10-18-11-17-19-14-5-3-4-6-16(14)21-17/h3-9,18H,10-11H2,1-2H3. The van der Waals surface area contributed by atoms with Crippen molar-refractivity contribution in [2.45, 2.75) is 20.0 Å². The van der Waals surface area contributed by atoms with Crippen LogP contribution in [0.5, 0.6) is 5.75 Å². The van der Waals surface area contributed by atoms with Crippen LogP contribution in [0.3, 0.4) is 0 Å². The average molecular weight is 298 g/mol. The number of hydrogen-bond acceptors (Lipinski definition) is 4. The van der Waals surface area contributed by atoms with E-state index in [9.17, 15) is 0 Å². The summed E-state index contributed by atoms with van der Waals surface area (Å²) < 4.78 is 6.52. The summed E-state index contributed by atoms with van der Waals surface area (Å²) in [5.74, 6) is 0.935. The fourth-order valence-electron chi connectivity index (χ4n) is 2.36. The highest BCUT2D eigenvalue weighted by atomic mass is 32.1. The van der Waals surface area contributed by atoms with Crippen LogP contribution in [0.4, 0.5) is 0 Å². The first-order valence-corrected chi connectivity index (χ1v) is 7.76. The van der Waals surface area contributed by atoms with Gasteiger partial charge in [0.2, 0.25) is 0 Å². The van der Waals surface area contributed by atoms with Gasteiger partial charge in [0.05, 0.1) is 17.3 Å². The minimum atomic E-state index is 0.796. The lowest BCUT2D eigenvalue weighted by Gasteiger charge is -2.07. The smallest absolute Gasteiger partial charge is 0.121 e. The fourth-order valence-corrected chi connectivity index (χ4v) is 3.30. The number of para-hydroxylation sites is 1. The predicted octanol–water partition coefficient (Wildman–Crippen LogP) is 3.90. The van der Waals surface area contributed by atoms with Crippen LogP contribution in [0, 0.1) is 6.92 Å². The molecular weight excluding hydrogens is 280 g/mol. The van der Waals surface area contributed by atoms with E-state index in [1.165, 1.54) is 10.3 Å². The molecule has 0 saturated carbocycles. The van der Waals surface area contributed by atoms with E-state index in [4.69, 9.17) is 4.74 Å². The molecule has 3 aromatic rings. The Labute approximate surface area is 128 Å². The van der Waals surface area contributed by atoms with Crippen molar-refractivity contribution in [1.82, 2.24) is 10.3 Å². The Balaban J connectivity index is 1.61. The number of aryl methyl sites for hydroxylation is 1. The summed E-state index contributed by atoms with van der Waals surface area (Å²) in [5, 5.41) is 4.58. The molecule has 0 aliphatic heterocycles. The third kappa shape index (κ3) is 3.23. The topological polar surface area (TPSA) is 34.1 Å². The number of hydrogen-bond donors (Lipinski definition) is 1. The van der Waals surface area contributed by atoms with Crippen molar-refractivity contribution in [3.05, 3.63) is 58.6 Å². The van der Waals surface area contributed by atoms with Crippen LogP contribution in [0.1, 0.15) is 16.1 Å². The van der Waals surface area contributed by atoms with Gasteiger partial charge in [0, 0.05) is 13.1 Å². The van der Waals surface area contributed by atoms with E-state index in [-0.39, 0.29) is 0 Å². The molecule has 0 bridgehead atoms. The quantitative estimate of drug-likeness (QED) is 0.775. The first kappa shape index (κ1) is 14.0. The SMILES string of the molecule is COc1ccc(CNCc2nc3ccccc3s2)cc1C. The summed E-state index contributed by atoms with van der Waals surface area (Å²) in [6.07, 6.45) is 0. The third-order valence-electron chi connectivity index (χ3n) is 3.40. The lowest BCUT2D eigenvalue weighted by atomic mass is 10.1. The minimum Gasteiger partial charge on any atom is -0.496 e. The Bertz CT molecular complexity index is 718. The molecule has 108 valence electrons. The lowest BCUT2D eigenvalue weighted by molar-refractivity contribution is 0.411. The molecule has 1 heterocycles. The predicted molar refractivity (Wildman–Crippen MR) is 87.9 cm³/mol. The van der Waals surface area contributed by atoms with Gasteiger partial charge in [-0.3, -0.25) is 0 Å². The monoisotopic (exact) mass is 298 g/mol. The molecule has 0 fully saturated rings. The highest BCUT2D eigenvalue weighted by molar-refractivity contribution is 7.18. The molecule has 0 aliphatic carbocycles. The Morgan fingerprint density at radius 3 is 2.76 bits per heavy atom.